The van der Waals surface area contributed by atoms with Gasteiger partial charge < -0.3 is 8.98 Å². The number of thiophene rings is 1. The van der Waals surface area contributed by atoms with Crippen LogP contribution in [0.2, 0.25) is 0 Å². The summed E-state index contributed by atoms with van der Waals surface area (Å²) in [4.78, 5) is 15.0. The van der Waals surface area contributed by atoms with Crippen molar-refractivity contribution in [3.63, 3.8) is 0 Å². The fourth-order valence-electron chi connectivity index (χ4n) is 8.47. The molecule has 8 aromatic carbocycles. The van der Waals surface area contributed by atoms with Crippen molar-refractivity contribution in [3.05, 3.63) is 182 Å². The predicted octanol–water partition coefficient (Wildman–Crippen LogP) is 13.9. The minimum Gasteiger partial charge on any atom is -0.455 e. The van der Waals surface area contributed by atoms with Gasteiger partial charge >= 0.3 is 0 Å². The Morgan fingerprint density at radius 3 is 1.70 bits per heavy atom. The van der Waals surface area contributed by atoms with Crippen LogP contribution in [0.4, 0.5) is 0 Å². The zero-order valence-electron chi connectivity index (χ0n) is 30.4. The molecule has 5 nitrogen and oxygen atoms in total. The lowest BCUT2D eigenvalue weighted by Crippen LogP contribution is -2.00. The molecule has 0 radical (unpaired) electrons. The Labute approximate surface area is 330 Å². The number of benzene rings is 8. The van der Waals surface area contributed by atoms with Gasteiger partial charge in [0.25, 0.3) is 0 Å². The van der Waals surface area contributed by atoms with Gasteiger partial charge in [0.1, 0.15) is 11.2 Å². The predicted molar refractivity (Wildman–Crippen MR) is 236 cm³/mol. The maximum atomic E-state index is 6.79. The van der Waals surface area contributed by atoms with E-state index in [1.165, 1.54) is 36.6 Å². The highest BCUT2D eigenvalue weighted by Crippen LogP contribution is 2.45. The van der Waals surface area contributed by atoms with Gasteiger partial charge in [-0.3, -0.25) is 0 Å². The molecule has 57 heavy (non-hydrogen) atoms. The second kappa shape index (κ2) is 12.6. The molecule has 0 N–H and O–H groups in total. The second-order valence-electron chi connectivity index (χ2n) is 14.4. The van der Waals surface area contributed by atoms with Crippen LogP contribution in [-0.4, -0.2) is 19.5 Å². The van der Waals surface area contributed by atoms with E-state index < -0.39 is 0 Å². The standard InChI is InChI=1S/C51H30N4OS/c1-3-13-31(14-4-1)49-52-50(32-15-5-2-6-16-32)54-51(53-49)33-25-28-45-41(29-33)47-37(19-12-24-46(47)57-45)38-20-11-21-39-40-30-34(26-27-44(40)56-48(38)39)55-42-22-9-7-17-35(42)36-18-8-10-23-43(36)55/h1-30H. The second-order valence-corrected chi connectivity index (χ2v) is 15.4. The minimum atomic E-state index is 0.639. The highest BCUT2D eigenvalue weighted by molar-refractivity contribution is 7.26. The smallest absolute Gasteiger partial charge is 0.164 e. The van der Waals surface area contributed by atoms with E-state index in [1.54, 1.807) is 11.3 Å². The van der Waals surface area contributed by atoms with E-state index in [-0.39, 0.29) is 0 Å². The summed E-state index contributed by atoms with van der Waals surface area (Å²) < 4.78 is 11.6. The number of rotatable bonds is 5. The quantitative estimate of drug-likeness (QED) is 0.176. The number of aromatic nitrogens is 4. The van der Waals surface area contributed by atoms with Crippen molar-refractivity contribution in [2.75, 3.05) is 0 Å². The Hall–Kier alpha value is -7.41. The molecular formula is C51H30N4OS. The Balaban J connectivity index is 1.03. The van der Waals surface area contributed by atoms with Crippen LogP contribution < -0.4 is 0 Å². The van der Waals surface area contributed by atoms with Gasteiger partial charge in [-0.1, -0.05) is 127 Å². The van der Waals surface area contributed by atoms with E-state index in [2.05, 4.69) is 126 Å². The Kier molecular flexibility index (Phi) is 7.03. The summed E-state index contributed by atoms with van der Waals surface area (Å²) in [5.41, 5.74) is 10.3. The number of furan rings is 1. The van der Waals surface area contributed by atoms with Crippen molar-refractivity contribution in [1.29, 1.82) is 0 Å². The number of nitrogens with zero attached hydrogens (tertiary/aromatic N) is 4. The van der Waals surface area contributed by atoms with Gasteiger partial charge in [-0.15, -0.1) is 11.3 Å². The van der Waals surface area contributed by atoms with Gasteiger partial charge in [-0.05, 0) is 60.2 Å². The lowest BCUT2D eigenvalue weighted by molar-refractivity contribution is 0.670. The Morgan fingerprint density at radius 1 is 0.404 bits per heavy atom. The minimum absolute atomic E-state index is 0.639. The maximum Gasteiger partial charge on any atom is 0.164 e. The van der Waals surface area contributed by atoms with Gasteiger partial charge in [0, 0.05) is 69.7 Å². The van der Waals surface area contributed by atoms with Crippen molar-refractivity contribution in [2.24, 2.45) is 0 Å². The van der Waals surface area contributed by atoms with Gasteiger partial charge in [-0.25, -0.2) is 15.0 Å². The maximum absolute atomic E-state index is 6.79. The zero-order valence-corrected chi connectivity index (χ0v) is 31.2. The van der Waals surface area contributed by atoms with Crippen molar-refractivity contribution < 1.29 is 4.42 Å². The first kappa shape index (κ1) is 31.9. The first-order valence-electron chi connectivity index (χ1n) is 19.0. The van der Waals surface area contributed by atoms with E-state index in [9.17, 15) is 0 Å². The molecule has 0 atom stereocenters. The molecule has 4 heterocycles. The molecule has 266 valence electrons. The summed E-state index contributed by atoms with van der Waals surface area (Å²) in [6.07, 6.45) is 0. The molecule has 12 aromatic rings. The van der Waals surface area contributed by atoms with Crippen LogP contribution in [-0.2, 0) is 0 Å². The van der Waals surface area contributed by atoms with Crippen LogP contribution in [0.1, 0.15) is 0 Å². The summed E-state index contributed by atoms with van der Waals surface area (Å²) in [6, 6.07) is 63.7. The third-order valence-corrected chi connectivity index (χ3v) is 12.2. The summed E-state index contributed by atoms with van der Waals surface area (Å²) in [7, 11) is 0. The van der Waals surface area contributed by atoms with Gasteiger partial charge in [0.05, 0.1) is 11.0 Å². The first-order chi connectivity index (χ1) is 28.2. The summed E-state index contributed by atoms with van der Waals surface area (Å²) in [5, 5.41) is 7.03. The van der Waals surface area contributed by atoms with E-state index in [0.29, 0.717) is 17.5 Å². The molecule has 0 saturated carbocycles. The summed E-state index contributed by atoms with van der Waals surface area (Å²) in [6.45, 7) is 0. The van der Waals surface area contributed by atoms with Crippen molar-refractivity contribution in [1.82, 2.24) is 19.5 Å². The van der Waals surface area contributed by atoms with E-state index >= 15 is 0 Å². The van der Waals surface area contributed by atoms with Crippen LogP contribution in [0.3, 0.4) is 0 Å². The van der Waals surface area contributed by atoms with E-state index in [4.69, 9.17) is 19.4 Å². The molecule has 0 saturated heterocycles. The van der Waals surface area contributed by atoms with Crippen LogP contribution in [0, 0.1) is 0 Å². The van der Waals surface area contributed by atoms with Gasteiger partial charge in [0.15, 0.2) is 17.5 Å². The van der Waals surface area contributed by atoms with Crippen LogP contribution in [0.25, 0.3) is 115 Å². The largest absolute Gasteiger partial charge is 0.455 e. The Bertz CT molecular complexity index is 3420. The van der Waals surface area contributed by atoms with E-state index in [1.807, 2.05) is 60.7 Å². The number of para-hydroxylation sites is 3. The SMILES string of the molecule is c1ccc(-c2nc(-c3ccccc3)nc(-c3ccc4sc5cccc(-c6cccc7c6oc6ccc(-n8c9ccccc9c9ccccc98)cc67)c5c4c3)n2)cc1. The molecule has 0 fully saturated rings. The molecule has 0 spiro atoms. The number of hydrogen-bond acceptors (Lipinski definition) is 5. The molecule has 6 heteroatoms. The fourth-order valence-corrected chi connectivity index (χ4v) is 9.58. The molecule has 4 aromatic heterocycles. The molecular weight excluding hydrogens is 717 g/mol. The van der Waals surface area contributed by atoms with Crippen molar-refractivity contribution >= 4 is 75.3 Å². The number of hydrogen-bond donors (Lipinski definition) is 0. The van der Waals surface area contributed by atoms with Crippen LogP contribution >= 0.6 is 11.3 Å². The molecule has 0 aliphatic carbocycles. The monoisotopic (exact) mass is 746 g/mol. The topological polar surface area (TPSA) is 56.7 Å². The molecule has 0 aliphatic rings. The average Bonchev–Trinajstić information content (AvgIpc) is 3.96. The molecule has 12 rings (SSSR count). The molecule has 0 amide bonds. The third-order valence-electron chi connectivity index (χ3n) is 11.1. The van der Waals surface area contributed by atoms with Crippen LogP contribution in [0.15, 0.2) is 186 Å². The molecule has 0 unspecified atom stereocenters. The lowest BCUT2D eigenvalue weighted by Gasteiger charge is -2.09. The average molecular weight is 747 g/mol. The van der Waals surface area contributed by atoms with Gasteiger partial charge in [0.2, 0.25) is 0 Å². The molecule has 0 bridgehead atoms. The molecule has 0 aliphatic heterocycles. The summed E-state index contributed by atoms with van der Waals surface area (Å²) in [5.74, 6) is 1.93. The highest BCUT2D eigenvalue weighted by atomic mass is 32.1. The first-order valence-corrected chi connectivity index (χ1v) is 19.8. The normalized spacial score (nSPS) is 11.9. The van der Waals surface area contributed by atoms with Gasteiger partial charge in [-0.2, -0.15) is 0 Å². The highest BCUT2D eigenvalue weighted by Gasteiger charge is 2.20. The third kappa shape index (κ3) is 5.04. The van der Waals surface area contributed by atoms with E-state index in [0.717, 1.165) is 60.8 Å². The van der Waals surface area contributed by atoms with Crippen molar-refractivity contribution in [3.8, 4) is 51.0 Å². The lowest BCUT2D eigenvalue weighted by atomic mass is 9.97. The van der Waals surface area contributed by atoms with Crippen molar-refractivity contribution in [2.45, 2.75) is 0 Å². The fraction of sp³-hybridized carbons (Fsp3) is 0. The zero-order chi connectivity index (χ0) is 37.5. The Morgan fingerprint density at radius 2 is 1.00 bits per heavy atom. The summed E-state index contributed by atoms with van der Waals surface area (Å²) >= 11 is 1.80. The van der Waals surface area contributed by atoms with Crippen LogP contribution in [0.5, 0.6) is 0 Å². The number of fused-ring (bicyclic) bond motifs is 9.